The van der Waals surface area contributed by atoms with Crippen molar-refractivity contribution in [2.24, 2.45) is 0 Å². The van der Waals surface area contributed by atoms with Crippen LogP contribution in [0.25, 0.3) is 0 Å². The van der Waals surface area contributed by atoms with Gasteiger partial charge in [-0.1, -0.05) is 6.92 Å². The maximum absolute atomic E-state index is 11.9. The van der Waals surface area contributed by atoms with Crippen LogP contribution >= 0.6 is 0 Å². The summed E-state index contributed by atoms with van der Waals surface area (Å²) >= 11 is 0. The van der Waals surface area contributed by atoms with E-state index in [1.54, 1.807) is 13.0 Å². The Hall–Kier alpha value is -2.02. The fourth-order valence-corrected chi connectivity index (χ4v) is 1.51. The minimum atomic E-state index is -1.47. The number of aliphatic carboxylic acids is 1. The minimum Gasteiger partial charge on any atom is -0.479 e. The van der Waals surface area contributed by atoms with Gasteiger partial charge in [-0.2, -0.15) is 10.2 Å². The Morgan fingerprint density at radius 2 is 2.11 bits per heavy atom. The van der Waals surface area contributed by atoms with Gasteiger partial charge in [0, 0.05) is 13.0 Å². The van der Waals surface area contributed by atoms with Gasteiger partial charge in [-0.05, 0) is 19.4 Å². The molecule has 1 aromatic heterocycles. The molecule has 0 radical (unpaired) electrons. The van der Waals surface area contributed by atoms with E-state index in [1.807, 2.05) is 6.92 Å². The molecule has 3 N–H and O–H groups in total. The van der Waals surface area contributed by atoms with Crippen molar-refractivity contribution in [1.82, 2.24) is 15.5 Å². The first-order valence-electron chi connectivity index (χ1n) is 5.98. The maximum atomic E-state index is 11.9. The number of carbonyl (C=O) groups is 2. The lowest BCUT2D eigenvalue weighted by Crippen LogP contribution is -2.30. The molecule has 0 saturated heterocycles. The van der Waals surface area contributed by atoms with E-state index in [1.165, 1.54) is 0 Å². The molecule has 0 aromatic carbocycles. The second-order valence-electron chi connectivity index (χ2n) is 4.10. The molecule has 1 heterocycles. The molecule has 1 aromatic rings. The van der Waals surface area contributed by atoms with Crippen molar-refractivity contribution in [3.05, 3.63) is 23.0 Å². The summed E-state index contributed by atoms with van der Waals surface area (Å²) in [4.78, 5) is 22.3. The highest BCUT2D eigenvalue weighted by Gasteiger charge is 2.15. The summed E-state index contributed by atoms with van der Waals surface area (Å²) in [5.74, 6) is -1.64. The molecule has 0 saturated carbocycles. The Labute approximate surface area is 110 Å². The molecule has 1 rings (SSSR count). The van der Waals surface area contributed by atoms with Crippen molar-refractivity contribution in [1.29, 1.82) is 0 Å². The molecule has 0 aliphatic heterocycles. The smallest absolute Gasteiger partial charge is 0.332 e. The van der Waals surface area contributed by atoms with Crippen LogP contribution in [0.3, 0.4) is 0 Å². The van der Waals surface area contributed by atoms with Gasteiger partial charge in [-0.15, -0.1) is 0 Å². The van der Waals surface area contributed by atoms with E-state index in [2.05, 4.69) is 15.5 Å². The van der Waals surface area contributed by atoms with E-state index in [0.29, 0.717) is 23.4 Å². The molecular weight excluding hydrogens is 250 g/mol. The van der Waals surface area contributed by atoms with Gasteiger partial charge < -0.3 is 15.5 Å². The molecule has 1 amide bonds. The van der Waals surface area contributed by atoms with Gasteiger partial charge in [-0.25, -0.2) is 4.79 Å². The molecule has 0 spiro atoms. The molecule has 0 fully saturated rings. The molecule has 1 atom stereocenters. The Kier molecular flexibility index (Phi) is 5.37. The van der Waals surface area contributed by atoms with Crippen LogP contribution in [0, 0.1) is 6.92 Å². The number of nitrogens with zero attached hydrogens (tertiary/aromatic N) is 2. The first-order chi connectivity index (χ1) is 8.95. The highest BCUT2D eigenvalue weighted by molar-refractivity contribution is 5.95. The summed E-state index contributed by atoms with van der Waals surface area (Å²) in [6.07, 6.45) is -0.934. The summed E-state index contributed by atoms with van der Waals surface area (Å²) in [6.45, 7) is 3.68. The van der Waals surface area contributed by atoms with Gasteiger partial charge in [0.05, 0.1) is 17.0 Å². The average Bonchev–Trinajstić information content (AvgIpc) is 2.38. The van der Waals surface area contributed by atoms with Crippen molar-refractivity contribution in [3.63, 3.8) is 0 Å². The van der Waals surface area contributed by atoms with Gasteiger partial charge in [0.2, 0.25) is 0 Å². The summed E-state index contributed by atoms with van der Waals surface area (Å²) in [6, 6.07) is 1.63. The molecule has 0 aliphatic carbocycles. The van der Waals surface area contributed by atoms with E-state index in [9.17, 15) is 9.59 Å². The van der Waals surface area contributed by atoms with Crippen molar-refractivity contribution in [2.75, 3.05) is 6.54 Å². The number of hydrogen-bond donors (Lipinski definition) is 3. The van der Waals surface area contributed by atoms with Crippen LogP contribution in [0.4, 0.5) is 0 Å². The van der Waals surface area contributed by atoms with Gasteiger partial charge in [0.1, 0.15) is 0 Å². The van der Waals surface area contributed by atoms with Crippen LogP contribution in [-0.4, -0.2) is 44.9 Å². The number of carbonyl (C=O) groups excluding carboxylic acids is 1. The van der Waals surface area contributed by atoms with E-state index in [0.717, 1.165) is 0 Å². The second-order valence-corrected chi connectivity index (χ2v) is 4.10. The summed E-state index contributed by atoms with van der Waals surface area (Å²) in [7, 11) is 0. The first-order valence-corrected chi connectivity index (χ1v) is 5.98. The number of amides is 1. The number of carboxylic acid groups (broad SMARTS) is 1. The Morgan fingerprint density at radius 1 is 1.42 bits per heavy atom. The van der Waals surface area contributed by atoms with Crippen LogP contribution < -0.4 is 5.32 Å². The number of aliphatic hydroxyl groups excluding tert-OH is 1. The number of aromatic nitrogens is 2. The van der Waals surface area contributed by atoms with E-state index >= 15 is 0 Å². The molecule has 0 bridgehead atoms. The van der Waals surface area contributed by atoms with Crippen molar-refractivity contribution in [2.45, 2.75) is 32.8 Å². The highest BCUT2D eigenvalue weighted by Crippen LogP contribution is 2.07. The first kappa shape index (κ1) is 15.0. The predicted octanol–water partition coefficient (Wildman–Crippen LogP) is -0.0872. The van der Waals surface area contributed by atoms with Crippen LogP contribution in [0.1, 0.15) is 35.1 Å². The van der Waals surface area contributed by atoms with Gasteiger partial charge in [-0.3, -0.25) is 4.79 Å². The fraction of sp³-hybridized carbons (Fsp3) is 0.500. The number of rotatable bonds is 6. The lowest BCUT2D eigenvalue weighted by molar-refractivity contribution is -0.146. The predicted molar refractivity (Wildman–Crippen MR) is 66.7 cm³/mol. The van der Waals surface area contributed by atoms with Gasteiger partial charge in [0.15, 0.2) is 6.10 Å². The number of hydrogen-bond acceptors (Lipinski definition) is 5. The third-order valence-corrected chi connectivity index (χ3v) is 2.56. The van der Waals surface area contributed by atoms with Crippen LogP contribution in [0.5, 0.6) is 0 Å². The van der Waals surface area contributed by atoms with E-state index in [-0.39, 0.29) is 18.9 Å². The number of aryl methyl sites for hydroxylation is 2. The maximum Gasteiger partial charge on any atom is 0.332 e. The molecule has 0 aliphatic rings. The van der Waals surface area contributed by atoms with E-state index < -0.39 is 12.1 Å². The normalized spacial score (nSPS) is 11.9. The average molecular weight is 267 g/mol. The van der Waals surface area contributed by atoms with Gasteiger partial charge in [0.25, 0.3) is 5.91 Å². The fourth-order valence-electron chi connectivity index (χ4n) is 1.51. The van der Waals surface area contributed by atoms with Crippen LogP contribution in [-0.2, 0) is 11.2 Å². The number of carboxylic acids is 1. The van der Waals surface area contributed by atoms with Crippen molar-refractivity contribution >= 4 is 11.9 Å². The van der Waals surface area contributed by atoms with Gasteiger partial charge >= 0.3 is 5.97 Å². The number of aliphatic hydroxyl groups is 1. The zero-order chi connectivity index (χ0) is 14.4. The van der Waals surface area contributed by atoms with Crippen LogP contribution in [0.15, 0.2) is 6.07 Å². The third-order valence-electron chi connectivity index (χ3n) is 2.56. The standard InChI is InChI=1S/C12H17N3O4/c1-3-9-8(6-7(2)14-15-9)11(17)13-5-4-10(16)12(18)19/h6,10,16H,3-5H2,1-2H3,(H,13,17)(H,18,19)/t10-/m0/s1. The third kappa shape index (κ3) is 4.29. The Balaban J connectivity index is 2.63. The molecule has 0 unspecified atom stereocenters. The lowest BCUT2D eigenvalue weighted by Gasteiger charge is -2.09. The zero-order valence-electron chi connectivity index (χ0n) is 10.9. The summed E-state index contributed by atoms with van der Waals surface area (Å²) < 4.78 is 0. The lowest BCUT2D eigenvalue weighted by atomic mass is 10.1. The zero-order valence-corrected chi connectivity index (χ0v) is 10.9. The number of nitrogens with one attached hydrogen (secondary N) is 1. The Bertz CT molecular complexity index is 476. The van der Waals surface area contributed by atoms with E-state index in [4.69, 9.17) is 10.2 Å². The molecule has 7 nitrogen and oxygen atoms in total. The summed E-state index contributed by atoms with van der Waals surface area (Å²) in [5, 5.41) is 28.0. The quantitative estimate of drug-likeness (QED) is 0.664. The molecule has 104 valence electrons. The molecule has 7 heteroatoms. The second kappa shape index (κ2) is 6.79. The SMILES string of the molecule is CCc1nnc(C)cc1C(=O)NCC[C@H](O)C(=O)O. The minimum absolute atomic E-state index is 0.0416. The monoisotopic (exact) mass is 267 g/mol. The van der Waals surface area contributed by atoms with Crippen molar-refractivity contribution in [3.8, 4) is 0 Å². The highest BCUT2D eigenvalue weighted by atomic mass is 16.4. The summed E-state index contributed by atoms with van der Waals surface area (Å²) in [5.41, 5.74) is 1.65. The molecular formula is C12H17N3O4. The van der Waals surface area contributed by atoms with Crippen molar-refractivity contribution < 1.29 is 19.8 Å². The largest absolute Gasteiger partial charge is 0.479 e. The van der Waals surface area contributed by atoms with Crippen LogP contribution in [0.2, 0.25) is 0 Å². The molecule has 19 heavy (non-hydrogen) atoms. The topological polar surface area (TPSA) is 112 Å². The Morgan fingerprint density at radius 3 is 2.68 bits per heavy atom.